The maximum Gasteiger partial charge on any atom is 0.180 e. The Hall–Kier alpha value is -1.55. The van der Waals surface area contributed by atoms with Crippen molar-refractivity contribution in [1.29, 1.82) is 0 Å². The molecule has 0 aromatic carbocycles. The molecule has 1 aliphatic rings. The lowest BCUT2D eigenvalue weighted by atomic mass is 10.1. The average Bonchev–Trinajstić information content (AvgIpc) is 2.19. The van der Waals surface area contributed by atoms with E-state index >= 15 is 0 Å². The van der Waals surface area contributed by atoms with Gasteiger partial charge in [0.25, 0.3) is 0 Å². The molecule has 2 heterocycles. The van der Waals surface area contributed by atoms with Crippen LogP contribution in [0.2, 0.25) is 0 Å². The van der Waals surface area contributed by atoms with Gasteiger partial charge in [-0.1, -0.05) is 0 Å². The highest BCUT2D eigenvalue weighted by molar-refractivity contribution is 5.73. The van der Waals surface area contributed by atoms with Crippen molar-refractivity contribution in [2.75, 3.05) is 6.54 Å². The number of quaternary nitrogens is 1. The van der Waals surface area contributed by atoms with Gasteiger partial charge in [0.1, 0.15) is 0 Å². The maximum absolute atomic E-state index is 12.7. The highest BCUT2D eigenvalue weighted by Crippen LogP contribution is 2.23. The third-order valence-corrected chi connectivity index (χ3v) is 2.04. The predicted molar refractivity (Wildman–Crippen MR) is 48.7 cm³/mol. The zero-order chi connectivity index (χ0) is 10.0. The lowest BCUT2D eigenvalue weighted by molar-refractivity contribution is -1.13. The van der Waals surface area contributed by atoms with Crippen LogP contribution in [-0.2, 0) is 0 Å². The Morgan fingerprint density at radius 1 is 1.21 bits per heavy atom. The molecule has 1 aliphatic heterocycles. The second kappa shape index (κ2) is 3.31. The Balaban J connectivity index is 2.25. The Kier molecular flexibility index (Phi) is 2.13. The first-order valence-corrected chi connectivity index (χ1v) is 4.24. The van der Waals surface area contributed by atoms with E-state index < -0.39 is 4.93 Å². The van der Waals surface area contributed by atoms with Crippen LogP contribution in [-0.4, -0.2) is 16.5 Å². The summed E-state index contributed by atoms with van der Waals surface area (Å²) in [5.41, 5.74) is 1.73. The summed E-state index contributed by atoms with van der Waals surface area (Å²) in [4.78, 5) is 1.79. The molecule has 0 spiro atoms. The van der Waals surface area contributed by atoms with E-state index in [1.165, 1.54) is 12.2 Å². The predicted octanol–water partition coefficient (Wildman–Crippen LogP) is 2.58. The molecule has 0 atom stereocenters. The fraction of sp³-hybridized carbons (Fsp3) is 0.100. The number of rotatable bonds is 1. The highest BCUT2D eigenvalue weighted by Gasteiger charge is 2.28. The molecule has 0 amide bonds. The molecule has 0 N–H and O–H groups in total. The Labute approximate surface area is 80.3 Å². The number of nitrogens with zero attached hydrogens (tertiary/aromatic N) is 2. The van der Waals surface area contributed by atoms with Crippen LogP contribution in [0.4, 0.5) is 8.96 Å². The van der Waals surface area contributed by atoms with Crippen LogP contribution < -0.4 is 0 Å². The first-order valence-electron chi connectivity index (χ1n) is 4.24. The molecule has 1 aromatic rings. The normalized spacial score (nSPS) is 19.1. The van der Waals surface area contributed by atoms with Crippen LogP contribution in [0.15, 0.2) is 42.9 Å². The Morgan fingerprint density at radius 3 is 2.50 bits per heavy atom. The van der Waals surface area contributed by atoms with Gasteiger partial charge in [0.2, 0.25) is 0 Å². The first-order chi connectivity index (χ1) is 6.67. The van der Waals surface area contributed by atoms with E-state index in [4.69, 9.17) is 0 Å². The summed E-state index contributed by atoms with van der Waals surface area (Å²) in [6, 6.07) is 3.60. The SMILES string of the molecule is F[N+]1(F)C=CC(c2ccncc2)=CC1. The molecule has 2 nitrogen and oxygen atoms in total. The highest BCUT2D eigenvalue weighted by atomic mass is 19.4. The van der Waals surface area contributed by atoms with Gasteiger partial charge in [0.05, 0.1) is 4.93 Å². The molecular formula is C10H9F2N2+. The molecular weight excluding hydrogens is 186 g/mol. The van der Waals surface area contributed by atoms with Crippen LogP contribution in [0.5, 0.6) is 0 Å². The number of aromatic nitrogens is 1. The molecule has 14 heavy (non-hydrogen) atoms. The smallest absolute Gasteiger partial charge is 0.180 e. The van der Waals surface area contributed by atoms with Gasteiger partial charge < -0.3 is 0 Å². The van der Waals surface area contributed by atoms with E-state index in [1.807, 2.05) is 0 Å². The monoisotopic (exact) mass is 195 g/mol. The maximum atomic E-state index is 12.7. The summed E-state index contributed by atoms with van der Waals surface area (Å²) in [6.07, 6.45) is 7.13. The van der Waals surface area contributed by atoms with Crippen molar-refractivity contribution in [3.63, 3.8) is 0 Å². The first kappa shape index (κ1) is 9.02. The molecule has 1 aromatic heterocycles. The molecule has 0 saturated heterocycles. The quantitative estimate of drug-likeness (QED) is 0.627. The Morgan fingerprint density at radius 2 is 1.93 bits per heavy atom. The van der Waals surface area contributed by atoms with Gasteiger partial charge in [-0.25, -0.2) is 0 Å². The second-order valence-electron chi connectivity index (χ2n) is 3.07. The molecule has 72 valence electrons. The average molecular weight is 195 g/mol. The minimum absolute atomic E-state index is 0.284. The van der Waals surface area contributed by atoms with Gasteiger partial charge in [-0.2, -0.15) is 0 Å². The molecule has 0 radical (unpaired) electrons. The van der Waals surface area contributed by atoms with Gasteiger partial charge in [0.15, 0.2) is 12.7 Å². The summed E-state index contributed by atoms with van der Waals surface area (Å²) in [5, 5.41) is 0. The molecule has 0 saturated carbocycles. The number of halogens is 2. The van der Waals surface area contributed by atoms with E-state index in [-0.39, 0.29) is 6.54 Å². The van der Waals surface area contributed by atoms with Crippen LogP contribution in [0, 0.1) is 0 Å². The largest absolute Gasteiger partial charge is 0.265 e. The summed E-state index contributed by atoms with van der Waals surface area (Å²) in [5.74, 6) is 0. The van der Waals surface area contributed by atoms with E-state index in [1.54, 1.807) is 24.5 Å². The number of pyridine rings is 1. The van der Waals surface area contributed by atoms with Gasteiger partial charge in [0, 0.05) is 27.4 Å². The molecule has 0 aliphatic carbocycles. The van der Waals surface area contributed by atoms with Gasteiger partial charge in [-0.3, -0.25) is 4.98 Å². The van der Waals surface area contributed by atoms with E-state index in [2.05, 4.69) is 4.98 Å². The van der Waals surface area contributed by atoms with Crippen LogP contribution >= 0.6 is 0 Å². The lowest BCUT2D eigenvalue weighted by Gasteiger charge is -2.11. The fourth-order valence-corrected chi connectivity index (χ4v) is 1.30. The standard InChI is InChI=1S/C10H9F2N2/c11-14(12)7-3-10(4-8-14)9-1-5-13-6-2-9/h1-7H,8H2/q+1. The van der Waals surface area contributed by atoms with E-state index in [0.29, 0.717) is 0 Å². The minimum Gasteiger partial charge on any atom is -0.265 e. The van der Waals surface area contributed by atoms with Crippen LogP contribution in [0.1, 0.15) is 5.56 Å². The minimum atomic E-state index is -2.07. The van der Waals surface area contributed by atoms with Crippen LogP contribution in [0.25, 0.3) is 5.57 Å². The van der Waals surface area contributed by atoms with Crippen molar-refractivity contribution in [2.24, 2.45) is 0 Å². The zero-order valence-electron chi connectivity index (χ0n) is 7.40. The summed E-state index contributed by atoms with van der Waals surface area (Å²) >= 11 is 0. The molecule has 0 fully saturated rings. The Bertz CT molecular complexity index is 382. The van der Waals surface area contributed by atoms with E-state index in [9.17, 15) is 8.96 Å². The summed E-state index contributed by atoms with van der Waals surface area (Å²) in [6.45, 7) is -0.284. The van der Waals surface area contributed by atoms with Crippen molar-refractivity contribution < 1.29 is 13.9 Å². The third kappa shape index (κ3) is 1.85. The zero-order valence-corrected chi connectivity index (χ0v) is 7.40. The molecule has 4 heteroatoms. The second-order valence-corrected chi connectivity index (χ2v) is 3.07. The molecule has 0 unspecified atom stereocenters. The third-order valence-electron chi connectivity index (χ3n) is 2.04. The lowest BCUT2D eigenvalue weighted by Crippen LogP contribution is -2.24. The van der Waals surface area contributed by atoms with Gasteiger partial charge >= 0.3 is 0 Å². The molecule has 2 rings (SSSR count). The topological polar surface area (TPSA) is 12.9 Å². The van der Waals surface area contributed by atoms with Crippen LogP contribution in [0.3, 0.4) is 0 Å². The van der Waals surface area contributed by atoms with Crippen molar-refractivity contribution >= 4 is 5.57 Å². The summed E-state index contributed by atoms with van der Waals surface area (Å²) in [7, 11) is 0. The number of allylic oxidation sites excluding steroid dienone is 2. The summed E-state index contributed by atoms with van der Waals surface area (Å²) < 4.78 is 25.4. The van der Waals surface area contributed by atoms with Crippen molar-refractivity contribution in [3.8, 4) is 0 Å². The van der Waals surface area contributed by atoms with E-state index in [0.717, 1.165) is 17.3 Å². The number of hydrogen-bond acceptors (Lipinski definition) is 1. The van der Waals surface area contributed by atoms with Gasteiger partial charge in [-0.05, 0) is 29.3 Å². The van der Waals surface area contributed by atoms with Crippen molar-refractivity contribution in [3.05, 3.63) is 48.4 Å². The van der Waals surface area contributed by atoms with Crippen molar-refractivity contribution in [2.45, 2.75) is 0 Å². The number of hydrogen-bond donors (Lipinski definition) is 0. The van der Waals surface area contributed by atoms with Gasteiger partial charge in [-0.15, -0.1) is 0 Å². The van der Waals surface area contributed by atoms with Crippen molar-refractivity contribution in [1.82, 2.24) is 4.98 Å². The molecule has 0 bridgehead atoms. The fourth-order valence-electron chi connectivity index (χ4n) is 1.30.